The van der Waals surface area contributed by atoms with Crippen LogP contribution >= 0.6 is 11.8 Å². The first-order chi connectivity index (χ1) is 19.4. The second-order valence-electron chi connectivity index (χ2n) is 8.81. The van der Waals surface area contributed by atoms with Crippen molar-refractivity contribution in [3.05, 3.63) is 83.9 Å². The average Bonchev–Trinajstić information content (AvgIpc) is 2.97. The van der Waals surface area contributed by atoms with Crippen molar-refractivity contribution in [2.24, 2.45) is 4.99 Å². The lowest BCUT2D eigenvalue weighted by Gasteiger charge is -2.32. The molecule has 1 fully saturated rings. The highest BCUT2D eigenvalue weighted by Crippen LogP contribution is 2.31. The number of amides is 2. The van der Waals surface area contributed by atoms with Crippen LogP contribution in [0.25, 0.3) is 0 Å². The number of amidine groups is 1. The Morgan fingerprint density at radius 3 is 2.40 bits per heavy atom. The number of para-hydroxylation sites is 1. The van der Waals surface area contributed by atoms with Crippen LogP contribution in [0.15, 0.2) is 77.8 Å². The number of hydrogen-bond acceptors (Lipinski definition) is 8. The summed E-state index contributed by atoms with van der Waals surface area (Å²) in [6.45, 7) is 2.40. The number of ether oxygens (including phenoxy) is 3. The summed E-state index contributed by atoms with van der Waals surface area (Å²) in [5.41, 5.74) is 2.57. The number of thioether (sulfide) groups is 1. The van der Waals surface area contributed by atoms with Crippen LogP contribution in [0.3, 0.4) is 0 Å². The molecule has 208 valence electrons. The van der Waals surface area contributed by atoms with E-state index in [1.807, 2.05) is 48.5 Å². The van der Waals surface area contributed by atoms with Gasteiger partial charge in [-0.05, 0) is 67.4 Å². The summed E-state index contributed by atoms with van der Waals surface area (Å²) in [5.74, 6) is 0.314. The summed E-state index contributed by atoms with van der Waals surface area (Å²) in [7, 11) is 3.16. The molecule has 1 atom stereocenters. The number of hydrogen-bond donors (Lipinski definition) is 1. The van der Waals surface area contributed by atoms with E-state index in [9.17, 15) is 14.4 Å². The summed E-state index contributed by atoms with van der Waals surface area (Å²) < 4.78 is 15.7. The maximum atomic E-state index is 13.3. The lowest BCUT2D eigenvalue weighted by atomic mass is 10.1. The molecule has 40 heavy (non-hydrogen) atoms. The van der Waals surface area contributed by atoms with Crippen molar-refractivity contribution in [1.82, 2.24) is 4.90 Å². The molecule has 1 N–H and O–H groups in total. The number of methoxy groups -OCH3 is 2. The van der Waals surface area contributed by atoms with Gasteiger partial charge in [0.1, 0.15) is 5.25 Å². The number of carbonyl (C=O) groups excluding carboxylic acids is 3. The number of nitrogens with zero attached hydrogens (tertiary/aromatic N) is 2. The molecular weight excluding hydrogens is 530 g/mol. The van der Waals surface area contributed by atoms with Crippen molar-refractivity contribution in [3.63, 3.8) is 0 Å². The lowest BCUT2D eigenvalue weighted by Crippen LogP contribution is -2.46. The fourth-order valence-electron chi connectivity index (χ4n) is 4.08. The van der Waals surface area contributed by atoms with Crippen LogP contribution in [-0.2, 0) is 20.7 Å². The normalized spacial score (nSPS) is 16.0. The Kier molecular flexibility index (Phi) is 9.80. The first-order valence-corrected chi connectivity index (χ1v) is 13.7. The smallest absolute Gasteiger partial charge is 0.338 e. The number of carbonyl (C=O) groups is 3. The van der Waals surface area contributed by atoms with Crippen molar-refractivity contribution < 1.29 is 28.6 Å². The van der Waals surface area contributed by atoms with Gasteiger partial charge in [0.25, 0.3) is 0 Å². The molecule has 1 aliphatic heterocycles. The number of rotatable bonds is 10. The first-order valence-electron chi connectivity index (χ1n) is 12.8. The molecule has 0 saturated carbocycles. The molecule has 1 saturated heterocycles. The quantitative estimate of drug-likeness (QED) is 0.344. The number of benzene rings is 3. The van der Waals surface area contributed by atoms with Gasteiger partial charge in [0.05, 0.1) is 32.1 Å². The van der Waals surface area contributed by atoms with Gasteiger partial charge in [0.2, 0.25) is 11.8 Å². The molecule has 0 aromatic heterocycles. The fraction of sp³-hybridized carbons (Fsp3) is 0.267. The van der Waals surface area contributed by atoms with Crippen LogP contribution in [0, 0.1) is 0 Å². The predicted octanol–water partition coefficient (Wildman–Crippen LogP) is 5.08. The largest absolute Gasteiger partial charge is 0.493 e. The van der Waals surface area contributed by atoms with Gasteiger partial charge in [-0.2, -0.15) is 0 Å². The van der Waals surface area contributed by atoms with Gasteiger partial charge >= 0.3 is 5.97 Å². The number of anilines is 1. The maximum Gasteiger partial charge on any atom is 0.338 e. The lowest BCUT2D eigenvalue weighted by molar-refractivity contribution is -0.129. The van der Waals surface area contributed by atoms with E-state index in [2.05, 4.69) is 5.32 Å². The monoisotopic (exact) mass is 561 g/mol. The van der Waals surface area contributed by atoms with Crippen LogP contribution in [0.1, 0.15) is 29.3 Å². The van der Waals surface area contributed by atoms with Crippen molar-refractivity contribution in [3.8, 4) is 11.5 Å². The van der Waals surface area contributed by atoms with Crippen LogP contribution in [0.5, 0.6) is 11.5 Å². The highest BCUT2D eigenvalue weighted by Gasteiger charge is 2.36. The van der Waals surface area contributed by atoms with E-state index in [0.29, 0.717) is 46.6 Å². The number of nitrogens with one attached hydrogen (secondary N) is 1. The van der Waals surface area contributed by atoms with Crippen LogP contribution < -0.4 is 14.8 Å². The molecule has 4 rings (SSSR count). The van der Waals surface area contributed by atoms with Crippen molar-refractivity contribution >= 4 is 46.1 Å². The molecular formula is C30H31N3O6S. The Balaban J connectivity index is 1.49. The Morgan fingerprint density at radius 1 is 1.00 bits per heavy atom. The second kappa shape index (κ2) is 13.7. The van der Waals surface area contributed by atoms with Crippen LogP contribution in [-0.4, -0.2) is 60.5 Å². The summed E-state index contributed by atoms with van der Waals surface area (Å²) in [6, 6.07) is 21.4. The molecule has 0 bridgehead atoms. The summed E-state index contributed by atoms with van der Waals surface area (Å²) in [6.07, 6.45) is 0.585. The molecule has 1 aliphatic rings. The minimum Gasteiger partial charge on any atom is -0.493 e. The third-order valence-electron chi connectivity index (χ3n) is 6.15. The van der Waals surface area contributed by atoms with E-state index < -0.39 is 11.2 Å². The molecule has 0 spiro atoms. The van der Waals surface area contributed by atoms with Crippen molar-refractivity contribution in [2.75, 3.05) is 32.7 Å². The molecule has 10 heteroatoms. The Hall–Kier alpha value is -4.31. The molecule has 3 aromatic carbocycles. The van der Waals surface area contributed by atoms with E-state index in [1.54, 1.807) is 50.3 Å². The van der Waals surface area contributed by atoms with Gasteiger partial charge in [-0.15, -0.1) is 0 Å². The Morgan fingerprint density at radius 2 is 1.73 bits per heavy atom. The Bertz CT molecular complexity index is 1380. The van der Waals surface area contributed by atoms with E-state index in [0.717, 1.165) is 5.56 Å². The van der Waals surface area contributed by atoms with Gasteiger partial charge in [-0.3, -0.25) is 14.5 Å². The third kappa shape index (κ3) is 7.20. The molecule has 0 aliphatic carbocycles. The fourth-order valence-corrected chi connectivity index (χ4v) is 5.20. The highest BCUT2D eigenvalue weighted by molar-refractivity contribution is 8.15. The standard InChI is InChI=1S/C30H31N3O6S/c1-4-39-29(36)21-11-13-23(14-12-21)31-28(35)26-19-27(34)33(30(40-26)32-22-8-6-5-7-9-22)17-16-20-10-15-24(37-2)25(18-20)38-3/h5-15,18,26H,4,16-17,19H2,1-3H3,(H,31,35)/t26-/m0/s1. The second-order valence-corrected chi connectivity index (χ2v) is 9.98. The predicted molar refractivity (Wildman–Crippen MR) is 156 cm³/mol. The Labute approximate surface area is 237 Å². The number of esters is 1. The van der Waals surface area contributed by atoms with E-state index in [4.69, 9.17) is 19.2 Å². The van der Waals surface area contributed by atoms with E-state index in [1.165, 1.54) is 11.8 Å². The average molecular weight is 562 g/mol. The van der Waals surface area contributed by atoms with Gasteiger partial charge in [-0.25, -0.2) is 9.79 Å². The van der Waals surface area contributed by atoms with Gasteiger partial charge in [0.15, 0.2) is 16.7 Å². The molecule has 2 amide bonds. The number of aliphatic imine (C=N–C) groups is 1. The van der Waals surface area contributed by atoms with E-state index >= 15 is 0 Å². The van der Waals surface area contributed by atoms with E-state index in [-0.39, 0.29) is 24.8 Å². The topological polar surface area (TPSA) is 107 Å². The van der Waals surface area contributed by atoms with Crippen molar-refractivity contribution in [2.45, 2.75) is 25.0 Å². The van der Waals surface area contributed by atoms with Gasteiger partial charge in [-0.1, -0.05) is 36.0 Å². The summed E-state index contributed by atoms with van der Waals surface area (Å²) in [4.78, 5) is 44.8. The van der Waals surface area contributed by atoms with Gasteiger partial charge in [0, 0.05) is 18.7 Å². The highest BCUT2D eigenvalue weighted by atomic mass is 32.2. The van der Waals surface area contributed by atoms with Crippen LogP contribution in [0.2, 0.25) is 0 Å². The zero-order chi connectivity index (χ0) is 28.5. The molecule has 9 nitrogen and oxygen atoms in total. The summed E-state index contributed by atoms with van der Waals surface area (Å²) >= 11 is 1.25. The first kappa shape index (κ1) is 28.7. The molecule has 0 unspecified atom stereocenters. The maximum absolute atomic E-state index is 13.3. The zero-order valence-corrected chi connectivity index (χ0v) is 23.4. The minimum absolute atomic E-state index is 0.0250. The third-order valence-corrected chi connectivity index (χ3v) is 7.34. The summed E-state index contributed by atoms with van der Waals surface area (Å²) in [5, 5.41) is 2.64. The molecule has 3 aromatic rings. The molecule has 1 heterocycles. The minimum atomic E-state index is -0.669. The zero-order valence-electron chi connectivity index (χ0n) is 22.6. The van der Waals surface area contributed by atoms with Gasteiger partial charge < -0.3 is 19.5 Å². The molecule has 0 radical (unpaired) electrons. The van der Waals surface area contributed by atoms with Crippen molar-refractivity contribution in [1.29, 1.82) is 0 Å². The van der Waals surface area contributed by atoms with Crippen LogP contribution in [0.4, 0.5) is 11.4 Å². The SMILES string of the molecule is CCOC(=O)c1ccc(NC(=O)[C@@H]2CC(=O)N(CCc3ccc(OC)c(OC)c3)C(=Nc3ccccc3)S2)cc1.